The Hall–Kier alpha value is -2.31. The Kier molecular flexibility index (Phi) is 4.83. The molecule has 0 bridgehead atoms. The molecule has 0 saturated heterocycles. The molecule has 0 spiro atoms. The molecule has 3 rings (SSSR count). The third-order valence-electron chi connectivity index (χ3n) is 3.94. The summed E-state index contributed by atoms with van der Waals surface area (Å²) in [5.41, 5.74) is 2.40. The third-order valence-corrected chi connectivity index (χ3v) is 5.53. The average Bonchev–Trinajstić information content (AvgIpc) is 2.95. The Labute approximate surface area is 154 Å². The van der Waals surface area contributed by atoms with Gasteiger partial charge in [0, 0.05) is 7.05 Å². The van der Waals surface area contributed by atoms with Crippen LogP contribution in [0.1, 0.15) is 15.9 Å². The zero-order valence-corrected chi connectivity index (χ0v) is 15.9. The maximum absolute atomic E-state index is 12.7. The van der Waals surface area contributed by atoms with Crippen molar-refractivity contribution < 1.29 is 14.3 Å². The minimum absolute atomic E-state index is 0.349. The summed E-state index contributed by atoms with van der Waals surface area (Å²) in [6.07, 6.45) is 0. The van der Waals surface area contributed by atoms with Crippen molar-refractivity contribution in [1.82, 2.24) is 4.57 Å². The fraction of sp³-hybridized carbons (Fsp3) is 0.222. The second-order valence-corrected chi connectivity index (χ2v) is 6.85. The Morgan fingerprint density at radius 1 is 1.20 bits per heavy atom. The highest BCUT2D eigenvalue weighted by molar-refractivity contribution is 7.17. The lowest BCUT2D eigenvalue weighted by molar-refractivity contribution is 0.0994. The topological polar surface area (TPSA) is 52.8 Å². The van der Waals surface area contributed by atoms with Gasteiger partial charge in [-0.1, -0.05) is 29.0 Å². The first-order valence-electron chi connectivity index (χ1n) is 7.52. The van der Waals surface area contributed by atoms with Crippen LogP contribution in [-0.4, -0.2) is 24.7 Å². The van der Waals surface area contributed by atoms with Crippen LogP contribution in [0.25, 0.3) is 10.2 Å². The van der Waals surface area contributed by atoms with Crippen LogP contribution in [-0.2, 0) is 7.05 Å². The summed E-state index contributed by atoms with van der Waals surface area (Å²) >= 11 is 7.67. The molecule has 0 fully saturated rings. The number of halogens is 1. The van der Waals surface area contributed by atoms with Gasteiger partial charge in [-0.2, -0.15) is 4.99 Å². The molecule has 3 aromatic rings. The van der Waals surface area contributed by atoms with E-state index in [0.717, 1.165) is 15.8 Å². The molecular weight excluding hydrogens is 360 g/mol. The number of aromatic nitrogens is 1. The van der Waals surface area contributed by atoms with E-state index in [2.05, 4.69) is 4.99 Å². The summed E-state index contributed by atoms with van der Waals surface area (Å²) in [5, 5.41) is 0.647. The quantitative estimate of drug-likeness (QED) is 0.695. The summed E-state index contributed by atoms with van der Waals surface area (Å²) in [6, 6.07) is 8.85. The van der Waals surface area contributed by atoms with Gasteiger partial charge in [0.2, 0.25) is 0 Å². The Bertz CT molecular complexity index is 1040. The van der Waals surface area contributed by atoms with Crippen molar-refractivity contribution >= 4 is 39.1 Å². The monoisotopic (exact) mass is 376 g/mol. The Morgan fingerprint density at radius 3 is 2.60 bits per heavy atom. The van der Waals surface area contributed by atoms with Crippen LogP contribution in [0, 0.1) is 6.92 Å². The molecule has 130 valence electrons. The first-order chi connectivity index (χ1) is 12.0. The first-order valence-corrected chi connectivity index (χ1v) is 8.71. The van der Waals surface area contributed by atoms with E-state index in [1.165, 1.54) is 18.4 Å². The van der Waals surface area contributed by atoms with Gasteiger partial charge in [-0.25, -0.2) is 0 Å². The zero-order chi connectivity index (χ0) is 18.1. The predicted molar refractivity (Wildman–Crippen MR) is 100.0 cm³/mol. The van der Waals surface area contributed by atoms with E-state index in [4.69, 9.17) is 21.1 Å². The van der Waals surface area contributed by atoms with Crippen LogP contribution < -0.4 is 14.3 Å². The van der Waals surface area contributed by atoms with Crippen LogP contribution in [0.15, 0.2) is 35.3 Å². The summed E-state index contributed by atoms with van der Waals surface area (Å²) in [7, 11) is 4.93. The van der Waals surface area contributed by atoms with E-state index in [1.54, 1.807) is 25.3 Å². The van der Waals surface area contributed by atoms with Crippen molar-refractivity contribution in [3.8, 4) is 11.5 Å². The summed E-state index contributed by atoms with van der Waals surface area (Å²) in [4.78, 5) is 17.6. The lowest BCUT2D eigenvalue weighted by atomic mass is 10.2. The molecule has 7 heteroatoms. The van der Waals surface area contributed by atoms with Crippen molar-refractivity contribution in [2.45, 2.75) is 6.92 Å². The number of methoxy groups -OCH3 is 2. The highest BCUT2D eigenvalue weighted by atomic mass is 35.5. The van der Waals surface area contributed by atoms with Gasteiger partial charge in [-0.05, 0) is 36.8 Å². The van der Waals surface area contributed by atoms with Crippen LogP contribution in [0.2, 0.25) is 5.02 Å². The maximum Gasteiger partial charge on any atom is 0.283 e. The molecule has 0 radical (unpaired) electrons. The van der Waals surface area contributed by atoms with Gasteiger partial charge < -0.3 is 14.0 Å². The second-order valence-electron chi connectivity index (χ2n) is 5.47. The number of amides is 1. The molecule has 1 heterocycles. The van der Waals surface area contributed by atoms with Crippen LogP contribution in [0.4, 0.5) is 0 Å². The smallest absolute Gasteiger partial charge is 0.283 e. The number of aryl methyl sites for hydroxylation is 2. The Morgan fingerprint density at radius 2 is 1.96 bits per heavy atom. The number of hydrogen-bond donors (Lipinski definition) is 0. The number of hydrogen-bond acceptors (Lipinski definition) is 4. The molecule has 5 nitrogen and oxygen atoms in total. The molecule has 2 aromatic carbocycles. The van der Waals surface area contributed by atoms with Crippen molar-refractivity contribution in [2.24, 2.45) is 12.0 Å². The number of benzene rings is 2. The van der Waals surface area contributed by atoms with E-state index in [9.17, 15) is 4.79 Å². The van der Waals surface area contributed by atoms with Crippen molar-refractivity contribution in [3.63, 3.8) is 0 Å². The number of rotatable bonds is 3. The minimum atomic E-state index is -0.397. The highest BCUT2D eigenvalue weighted by Gasteiger charge is 2.15. The van der Waals surface area contributed by atoms with Gasteiger partial charge in [0.1, 0.15) is 11.5 Å². The minimum Gasteiger partial charge on any atom is -0.497 e. The number of carbonyl (C=O) groups is 1. The molecule has 0 saturated carbocycles. The third kappa shape index (κ3) is 3.15. The summed E-state index contributed by atoms with van der Waals surface area (Å²) in [6.45, 7) is 2.00. The van der Waals surface area contributed by atoms with E-state index < -0.39 is 5.91 Å². The van der Waals surface area contributed by atoms with Gasteiger partial charge in [-0.15, -0.1) is 0 Å². The van der Waals surface area contributed by atoms with Gasteiger partial charge in [-0.3, -0.25) is 4.79 Å². The largest absolute Gasteiger partial charge is 0.497 e. The first kappa shape index (κ1) is 17.5. The van der Waals surface area contributed by atoms with Gasteiger partial charge in [0.15, 0.2) is 4.80 Å². The zero-order valence-electron chi connectivity index (χ0n) is 14.3. The molecule has 0 aliphatic rings. The van der Waals surface area contributed by atoms with Gasteiger partial charge in [0.05, 0.1) is 35.0 Å². The summed E-state index contributed by atoms with van der Waals surface area (Å²) < 4.78 is 13.2. The van der Waals surface area contributed by atoms with E-state index in [-0.39, 0.29) is 0 Å². The average molecular weight is 377 g/mol. The standard InChI is InChI=1S/C18H17ClN2O3S/c1-10-5-7-13(19)16-15(10)21(2)18(25-16)20-17(22)12-9-11(23-3)6-8-14(12)24-4/h5-9H,1-4H3. The number of fused-ring (bicyclic) bond motifs is 1. The molecule has 0 aliphatic carbocycles. The van der Waals surface area contributed by atoms with Crippen LogP contribution in [0.3, 0.4) is 0 Å². The number of nitrogens with zero attached hydrogens (tertiary/aromatic N) is 2. The fourth-order valence-corrected chi connectivity index (χ4v) is 4.01. The van der Waals surface area contributed by atoms with Crippen molar-refractivity contribution in [3.05, 3.63) is 51.3 Å². The molecule has 25 heavy (non-hydrogen) atoms. The molecule has 1 amide bonds. The summed E-state index contributed by atoms with van der Waals surface area (Å²) in [5.74, 6) is 0.623. The lowest BCUT2D eigenvalue weighted by Gasteiger charge is -2.07. The lowest BCUT2D eigenvalue weighted by Crippen LogP contribution is -2.14. The van der Waals surface area contributed by atoms with Crippen LogP contribution >= 0.6 is 22.9 Å². The fourth-order valence-electron chi connectivity index (χ4n) is 2.64. The number of thiazole rings is 1. The molecule has 1 aromatic heterocycles. The SMILES string of the molecule is COc1ccc(OC)c(C(=O)N=c2sc3c(Cl)ccc(C)c3n2C)c1. The Balaban J connectivity index is 2.18. The molecule has 0 unspecified atom stereocenters. The predicted octanol–water partition coefficient (Wildman–Crippen LogP) is 3.96. The van der Waals surface area contributed by atoms with E-state index in [1.807, 2.05) is 30.7 Å². The molecule has 0 atom stereocenters. The van der Waals surface area contributed by atoms with Gasteiger partial charge in [0.25, 0.3) is 5.91 Å². The van der Waals surface area contributed by atoms with Gasteiger partial charge >= 0.3 is 0 Å². The number of carbonyl (C=O) groups excluding carboxylic acids is 1. The maximum atomic E-state index is 12.7. The molecule has 0 aliphatic heterocycles. The van der Waals surface area contributed by atoms with E-state index in [0.29, 0.717) is 26.9 Å². The van der Waals surface area contributed by atoms with Crippen molar-refractivity contribution in [1.29, 1.82) is 0 Å². The molecular formula is C18H17ClN2O3S. The van der Waals surface area contributed by atoms with E-state index >= 15 is 0 Å². The van der Waals surface area contributed by atoms with Crippen LogP contribution in [0.5, 0.6) is 11.5 Å². The highest BCUT2D eigenvalue weighted by Crippen LogP contribution is 2.29. The second kappa shape index (κ2) is 6.90. The normalized spacial score (nSPS) is 11.8. The molecule has 0 N–H and O–H groups in total. The number of ether oxygens (including phenoxy) is 2. The van der Waals surface area contributed by atoms with Crippen molar-refractivity contribution in [2.75, 3.05) is 14.2 Å².